The summed E-state index contributed by atoms with van der Waals surface area (Å²) in [5.74, 6) is -2.27. The van der Waals surface area contributed by atoms with Crippen LogP contribution < -0.4 is 5.43 Å². The van der Waals surface area contributed by atoms with Crippen LogP contribution in [0.3, 0.4) is 0 Å². The van der Waals surface area contributed by atoms with E-state index in [-0.39, 0.29) is 23.5 Å². The third kappa shape index (κ3) is 8.29. The van der Waals surface area contributed by atoms with Crippen LogP contribution in [0.25, 0.3) is 22.3 Å². The average Bonchev–Trinajstić information content (AvgIpc) is 3.16. The van der Waals surface area contributed by atoms with Crippen LogP contribution in [0.15, 0.2) is 135 Å². The van der Waals surface area contributed by atoms with Crippen molar-refractivity contribution in [2.45, 2.75) is 59.0 Å². The van der Waals surface area contributed by atoms with Crippen LogP contribution in [0.5, 0.6) is 0 Å². The Morgan fingerprint density at radius 1 is 0.815 bits per heavy atom. The summed E-state index contributed by atoms with van der Waals surface area (Å²) in [6.45, 7) is 10.2. The molecule has 6 rings (SSSR count). The Hall–Kier alpha value is -5.60. The van der Waals surface area contributed by atoms with Gasteiger partial charge in [-0.2, -0.15) is 0 Å². The second kappa shape index (κ2) is 17.0. The Kier molecular flexibility index (Phi) is 12.0. The van der Waals surface area contributed by atoms with Crippen LogP contribution >= 0.6 is 0 Å². The van der Waals surface area contributed by atoms with Crippen molar-refractivity contribution in [1.82, 2.24) is 4.90 Å². The van der Waals surface area contributed by atoms with Crippen LogP contribution in [0.2, 0.25) is 0 Å². The van der Waals surface area contributed by atoms with Gasteiger partial charge in [-0.05, 0) is 71.8 Å². The van der Waals surface area contributed by atoms with Gasteiger partial charge >= 0.3 is 11.9 Å². The van der Waals surface area contributed by atoms with E-state index < -0.39 is 29.9 Å². The molecular formula is C46H48N2O6. The van der Waals surface area contributed by atoms with Gasteiger partial charge < -0.3 is 18.8 Å². The van der Waals surface area contributed by atoms with Crippen molar-refractivity contribution in [2.24, 2.45) is 10.9 Å². The van der Waals surface area contributed by atoms with Crippen LogP contribution in [0, 0.1) is 12.8 Å². The molecule has 0 saturated heterocycles. The summed E-state index contributed by atoms with van der Waals surface area (Å²) >= 11 is 0. The third-order valence-corrected chi connectivity index (χ3v) is 10.1. The van der Waals surface area contributed by atoms with Gasteiger partial charge in [-0.15, -0.1) is 0 Å². The monoisotopic (exact) mass is 724 g/mol. The number of carbonyl (C=O) groups is 2. The van der Waals surface area contributed by atoms with Gasteiger partial charge in [0.2, 0.25) is 0 Å². The topological polar surface area (TPSA) is 98.4 Å². The Morgan fingerprint density at radius 2 is 1.43 bits per heavy atom. The zero-order valence-electron chi connectivity index (χ0n) is 31.9. The van der Waals surface area contributed by atoms with Gasteiger partial charge in [0.1, 0.15) is 23.9 Å². The summed E-state index contributed by atoms with van der Waals surface area (Å²) < 4.78 is 18.3. The van der Waals surface area contributed by atoms with Crippen molar-refractivity contribution < 1.29 is 23.5 Å². The maximum Gasteiger partial charge on any atom is 0.336 e. The van der Waals surface area contributed by atoms with Crippen LogP contribution in [-0.4, -0.2) is 55.4 Å². The highest BCUT2D eigenvalue weighted by atomic mass is 16.5. The number of likely N-dealkylation sites (N-methyl/N-ethyl adjacent to an activating group) is 1. The maximum atomic E-state index is 14.2. The Morgan fingerprint density at radius 3 is 2.04 bits per heavy atom. The van der Waals surface area contributed by atoms with Crippen LogP contribution in [0.1, 0.15) is 68.2 Å². The summed E-state index contributed by atoms with van der Waals surface area (Å²) in [7, 11) is 2.02. The molecule has 1 aliphatic rings. The number of esters is 2. The minimum atomic E-state index is -0.952. The van der Waals surface area contributed by atoms with Crippen molar-refractivity contribution in [3.05, 3.63) is 153 Å². The zero-order chi connectivity index (χ0) is 38.4. The highest BCUT2D eigenvalue weighted by Crippen LogP contribution is 2.43. The summed E-state index contributed by atoms with van der Waals surface area (Å²) in [4.78, 5) is 48.8. The number of fused-ring (bicyclic) bond motifs is 1. The normalized spacial score (nSPS) is 15.9. The van der Waals surface area contributed by atoms with Crippen molar-refractivity contribution >= 4 is 28.6 Å². The lowest BCUT2D eigenvalue weighted by molar-refractivity contribution is -0.150. The van der Waals surface area contributed by atoms with Gasteiger partial charge in [0, 0.05) is 46.5 Å². The minimum Gasteiger partial charge on any atom is -0.462 e. The molecule has 54 heavy (non-hydrogen) atoms. The van der Waals surface area contributed by atoms with Gasteiger partial charge in [0.25, 0.3) is 0 Å². The fourth-order valence-electron chi connectivity index (χ4n) is 7.42. The highest BCUT2D eigenvalue weighted by Gasteiger charge is 2.44. The summed E-state index contributed by atoms with van der Waals surface area (Å²) in [6.07, 6.45) is 0.486. The molecule has 1 aliphatic heterocycles. The van der Waals surface area contributed by atoms with Crippen LogP contribution in [-0.2, 0) is 19.1 Å². The van der Waals surface area contributed by atoms with E-state index in [0.717, 1.165) is 18.5 Å². The number of carbonyl (C=O) groups excluding carboxylic acids is 2. The average molecular weight is 725 g/mol. The fraction of sp³-hybridized carbons (Fsp3) is 0.304. The number of benzene rings is 4. The largest absolute Gasteiger partial charge is 0.462 e. The molecule has 2 atom stereocenters. The third-order valence-electron chi connectivity index (χ3n) is 10.1. The van der Waals surface area contributed by atoms with Crippen molar-refractivity contribution in [2.75, 3.05) is 26.7 Å². The number of rotatable bonds is 13. The molecule has 0 spiro atoms. The Bertz CT molecular complexity index is 2180. The molecule has 0 fully saturated rings. The Labute approximate surface area is 317 Å². The van der Waals surface area contributed by atoms with Crippen molar-refractivity contribution in [1.29, 1.82) is 0 Å². The molecule has 0 radical (unpaired) electrons. The molecule has 0 N–H and O–H groups in total. The number of para-hydroxylation sites is 1. The van der Waals surface area contributed by atoms with E-state index in [1.807, 2.05) is 49.5 Å². The lowest BCUT2D eigenvalue weighted by Gasteiger charge is -2.32. The van der Waals surface area contributed by atoms with Crippen LogP contribution in [0.4, 0.5) is 0 Å². The van der Waals surface area contributed by atoms with E-state index in [9.17, 15) is 14.4 Å². The molecule has 2 unspecified atom stereocenters. The van der Waals surface area contributed by atoms with Gasteiger partial charge in [0.15, 0.2) is 5.43 Å². The minimum absolute atomic E-state index is 0.131. The fourth-order valence-corrected chi connectivity index (χ4v) is 7.42. The van der Waals surface area contributed by atoms with Gasteiger partial charge in [-0.25, -0.2) is 4.79 Å². The molecule has 4 aromatic carbocycles. The summed E-state index contributed by atoms with van der Waals surface area (Å²) in [6, 6.07) is 35.7. The SMILES string of the molecule is CC1=NC(C)=C(C(=O)OCCN(C)CCC(c2ccccc2)c2ccccc2)C(c2cccc3c(=O)c(C)c(-c4ccccc4)oc23)C1C(=O)OC(C)C. The van der Waals surface area contributed by atoms with Crippen molar-refractivity contribution in [3.8, 4) is 11.3 Å². The Balaban J connectivity index is 1.29. The van der Waals surface area contributed by atoms with Gasteiger partial charge in [-0.3, -0.25) is 14.6 Å². The number of hydrogen-bond donors (Lipinski definition) is 0. The number of hydrogen-bond acceptors (Lipinski definition) is 8. The van der Waals surface area contributed by atoms with Gasteiger partial charge in [-0.1, -0.05) is 103 Å². The molecule has 0 amide bonds. The first-order chi connectivity index (χ1) is 26.0. The molecular weight excluding hydrogens is 677 g/mol. The molecule has 8 heteroatoms. The molecule has 278 valence electrons. The molecule has 1 aromatic heterocycles. The van der Waals surface area contributed by atoms with E-state index in [1.165, 1.54) is 11.1 Å². The molecule has 5 aromatic rings. The maximum absolute atomic E-state index is 14.2. The lowest BCUT2D eigenvalue weighted by atomic mass is 9.75. The molecule has 0 bridgehead atoms. The zero-order valence-corrected chi connectivity index (χ0v) is 31.9. The highest BCUT2D eigenvalue weighted by molar-refractivity contribution is 6.07. The predicted octanol–water partition coefficient (Wildman–Crippen LogP) is 8.87. The standard InChI is InChI=1S/C46H48N2O6/c1-29(2)53-46(51)40-32(5)47-31(4)39(41(40)37-23-16-24-38-42(49)30(3)43(54-44(37)38)35-21-14-9-15-22-35)45(50)52-28-27-48(6)26-25-36(33-17-10-7-11-18-33)34-19-12-8-13-20-34/h7-24,29,36,40-41H,25-28H2,1-6H3. The van der Waals surface area contributed by atoms with E-state index in [1.54, 1.807) is 52.8 Å². The predicted molar refractivity (Wildman–Crippen MR) is 214 cm³/mol. The lowest BCUT2D eigenvalue weighted by Crippen LogP contribution is -2.38. The van der Waals surface area contributed by atoms with Crippen molar-refractivity contribution in [3.63, 3.8) is 0 Å². The second-order valence-electron chi connectivity index (χ2n) is 14.3. The number of aliphatic imine (C=N–C) groups is 1. The molecule has 0 aliphatic carbocycles. The quantitative estimate of drug-likeness (QED) is 0.112. The molecule has 2 heterocycles. The first-order valence-corrected chi connectivity index (χ1v) is 18.6. The number of allylic oxidation sites excluding steroid dienone is 1. The smallest absolute Gasteiger partial charge is 0.336 e. The van der Waals surface area contributed by atoms with Gasteiger partial charge in [0.05, 0.1) is 17.1 Å². The number of nitrogens with zero attached hydrogens (tertiary/aromatic N) is 2. The first-order valence-electron chi connectivity index (χ1n) is 18.6. The van der Waals surface area contributed by atoms with E-state index in [0.29, 0.717) is 45.8 Å². The first kappa shape index (κ1) is 38.1. The summed E-state index contributed by atoms with van der Waals surface area (Å²) in [5.41, 5.74) is 5.53. The van der Waals surface area contributed by atoms with E-state index >= 15 is 0 Å². The molecule has 8 nitrogen and oxygen atoms in total. The second-order valence-corrected chi connectivity index (χ2v) is 14.3. The van der Waals surface area contributed by atoms with E-state index in [4.69, 9.17) is 13.9 Å². The summed E-state index contributed by atoms with van der Waals surface area (Å²) in [5, 5.41) is 0.358. The molecule has 0 saturated carbocycles. The van der Waals surface area contributed by atoms with E-state index in [2.05, 4.69) is 58.4 Å². The number of ether oxygens (including phenoxy) is 2.